The summed E-state index contributed by atoms with van der Waals surface area (Å²) in [7, 11) is -4.49. The van der Waals surface area contributed by atoms with Gasteiger partial charge in [0.2, 0.25) is 0 Å². The Bertz CT molecular complexity index is 2200. The molecule has 0 saturated heterocycles. The van der Waals surface area contributed by atoms with Gasteiger partial charge in [-0.05, 0) is 74.8 Å². The van der Waals surface area contributed by atoms with E-state index in [2.05, 4.69) is 20.0 Å². The number of alkyl halides is 3. The number of anilines is 1. The van der Waals surface area contributed by atoms with E-state index >= 15 is 4.39 Å². The zero-order chi connectivity index (χ0) is 34.1. The van der Waals surface area contributed by atoms with Gasteiger partial charge in [-0.15, -0.1) is 13.2 Å². The number of aryl methyl sites for hydroxylation is 1. The summed E-state index contributed by atoms with van der Waals surface area (Å²) in [5, 5.41) is 13.1. The molecule has 2 bridgehead atoms. The van der Waals surface area contributed by atoms with E-state index in [0.717, 1.165) is 49.6 Å². The minimum Gasteiger partial charge on any atom is -0.481 e. The van der Waals surface area contributed by atoms with Gasteiger partial charge in [-0.2, -0.15) is 0 Å². The van der Waals surface area contributed by atoms with Crippen LogP contribution in [0, 0.1) is 36.3 Å². The van der Waals surface area contributed by atoms with Crippen molar-refractivity contribution >= 4 is 43.6 Å². The van der Waals surface area contributed by atoms with Crippen LogP contribution in [0.4, 0.5) is 27.8 Å². The fourth-order valence-corrected chi connectivity index (χ4v) is 8.55. The van der Waals surface area contributed by atoms with Crippen LogP contribution in [0.2, 0.25) is 0 Å². The Balaban J connectivity index is 1.47. The van der Waals surface area contributed by atoms with Crippen molar-refractivity contribution in [2.75, 3.05) is 5.32 Å². The Morgan fingerprint density at radius 3 is 2.33 bits per heavy atom. The third-order valence-corrected chi connectivity index (χ3v) is 11.0. The molecule has 2 N–H and O–H groups in total. The summed E-state index contributed by atoms with van der Waals surface area (Å²) in [6, 6.07) is 10.3. The predicted molar refractivity (Wildman–Crippen MR) is 165 cm³/mol. The Morgan fingerprint density at radius 2 is 1.67 bits per heavy atom. The molecule has 5 aromatic rings. The van der Waals surface area contributed by atoms with Crippen molar-refractivity contribution in [3.63, 3.8) is 0 Å². The van der Waals surface area contributed by atoms with Crippen LogP contribution in [-0.4, -0.2) is 45.8 Å². The first-order chi connectivity index (χ1) is 22.7. The van der Waals surface area contributed by atoms with Crippen molar-refractivity contribution in [1.82, 2.24) is 13.9 Å². The summed E-state index contributed by atoms with van der Waals surface area (Å²) in [6.07, 6.45) is -1.19. The molecule has 15 heteroatoms. The van der Waals surface area contributed by atoms with Gasteiger partial charge in [-0.3, -0.25) is 4.79 Å². The number of benzene rings is 3. The number of aromatic nitrogens is 3. The van der Waals surface area contributed by atoms with E-state index in [1.165, 1.54) is 24.3 Å². The molecular formula is C33H27F5N4O5S. The highest BCUT2D eigenvalue weighted by molar-refractivity contribution is 7.90. The third-order valence-electron chi connectivity index (χ3n) is 9.33. The summed E-state index contributed by atoms with van der Waals surface area (Å²) in [6.45, 7) is 1.75. The molecule has 2 aromatic heterocycles. The lowest BCUT2D eigenvalue weighted by Crippen LogP contribution is -2.51. The summed E-state index contributed by atoms with van der Waals surface area (Å²) >= 11 is 0. The van der Waals surface area contributed by atoms with Gasteiger partial charge >= 0.3 is 12.3 Å². The monoisotopic (exact) mass is 686 g/mol. The molecule has 3 aliphatic rings. The molecule has 3 aromatic carbocycles. The topological polar surface area (TPSA) is 123 Å². The van der Waals surface area contributed by atoms with E-state index in [0.29, 0.717) is 10.0 Å². The first-order valence-corrected chi connectivity index (χ1v) is 16.5. The van der Waals surface area contributed by atoms with Gasteiger partial charge in [0.15, 0.2) is 17.4 Å². The summed E-state index contributed by atoms with van der Waals surface area (Å²) in [5.74, 6) is -5.37. The summed E-state index contributed by atoms with van der Waals surface area (Å²) in [4.78, 5) is 21.1. The average Bonchev–Trinajstić information content (AvgIpc) is 3.42. The number of rotatable bonds is 7. The lowest BCUT2D eigenvalue weighted by atomic mass is 9.61. The van der Waals surface area contributed by atoms with Crippen molar-refractivity contribution in [3.8, 4) is 17.1 Å². The molecule has 2 heterocycles. The van der Waals surface area contributed by atoms with Crippen LogP contribution in [0.5, 0.6) is 5.75 Å². The van der Waals surface area contributed by atoms with Crippen LogP contribution in [0.3, 0.4) is 0 Å². The molecular weight excluding hydrogens is 659 g/mol. The number of carboxylic acids is 1. The number of aliphatic carboxylic acids is 1. The minimum absolute atomic E-state index is 0.0365. The molecule has 3 saturated carbocycles. The van der Waals surface area contributed by atoms with Crippen LogP contribution in [0.15, 0.2) is 65.7 Å². The van der Waals surface area contributed by atoms with Crippen molar-refractivity contribution in [1.29, 1.82) is 0 Å². The van der Waals surface area contributed by atoms with E-state index in [4.69, 9.17) is 0 Å². The van der Waals surface area contributed by atoms with Gasteiger partial charge in [0.1, 0.15) is 22.7 Å². The number of nitrogens with zero attached hydrogens (tertiary/aromatic N) is 3. The SMILES string of the molecule is Cc1ccc(S(=O)(=O)n2cc(-c3nc(NC4C5CCC(CC5)C4C(=O)O)c4cccc(OC(F)(F)F)c4n3)c3cc(F)cc(F)c32)cc1. The number of hydrogen-bond acceptors (Lipinski definition) is 7. The average molecular weight is 687 g/mol. The second kappa shape index (κ2) is 11.4. The molecule has 3 aliphatic carbocycles. The Labute approximate surface area is 270 Å². The molecule has 0 spiro atoms. The van der Waals surface area contributed by atoms with Crippen LogP contribution in [0.25, 0.3) is 33.2 Å². The maximum atomic E-state index is 15.5. The van der Waals surface area contributed by atoms with Gasteiger partial charge in [0.05, 0.1) is 10.8 Å². The van der Waals surface area contributed by atoms with Gasteiger partial charge in [-0.25, -0.2) is 31.1 Å². The Morgan fingerprint density at radius 1 is 0.979 bits per heavy atom. The second-order valence-corrected chi connectivity index (χ2v) is 14.1. The van der Waals surface area contributed by atoms with E-state index in [-0.39, 0.29) is 50.2 Å². The highest BCUT2D eigenvalue weighted by atomic mass is 32.2. The van der Waals surface area contributed by atoms with Gasteiger partial charge in [-0.1, -0.05) is 23.8 Å². The summed E-state index contributed by atoms with van der Waals surface area (Å²) < 4.78 is 103. The Hall–Kier alpha value is -4.79. The van der Waals surface area contributed by atoms with Crippen molar-refractivity contribution in [2.45, 2.75) is 49.9 Å². The molecule has 0 amide bonds. The number of fused-ring (bicyclic) bond motifs is 5. The number of para-hydroxylation sites is 1. The first kappa shape index (κ1) is 31.8. The van der Waals surface area contributed by atoms with E-state index in [9.17, 15) is 35.9 Å². The third kappa shape index (κ3) is 5.49. The normalized spacial score (nSPS) is 21.1. The predicted octanol–water partition coefficient (Wildman–Crippen LogP) is 7.28. The minimum atomic E-state index is -5.12. The molecule has 9 nitrogen and oxygen atoms in total. The second-order valence-electron chi connectivity index (χ2n) is 12.2. The van der Waals surface area contributed by atoms with Crippen molar-refractivity contribution in [3.05, 3.63) is 78.0 Å². The van der Waals surface area contributed by atoms with E-state index < -0.39 is 57.2 Å². The summed E-state index contributed by atoms with van der Waals surface area (Å²) in [5.41, 5.74) is -0.307. The quantitative estimate of drug-likeness (QED) is 0.171. The number of hydrogen-bond donors (Lipinski definition) is 2. The van der Waals surface area contributed by atoms with Crippen LogP contribution in [-0.2, 0) is 14.8 Å². The zero-order valence-electron chi connectivity index (χ0n) is 25.1. The maximum absolute atomic E-state index is 15.5. The number of nitrogens with one attached hydrogen (secondary N) is 1. The van der Waals surface area contributed by atoms with Crippen LogP contribution in [0.1, 0.15) is 31.2 Å². The maximum Gasteiger partial charge on any atom is 0.573 e. The molecule has 2 atom stereocenters. The highest BCUT2D eigenvalue weighted by Gasteiger charge is 2.47. The molecule has 8 rings (SSSR count). The van der Waals surface area contributed by atoms with Crippen LogP contribution < -0.4 is 10.1 Å². The highest BCUT2D eigenvalue weighted by Crippen LogP contribution is 2.47. The number of carbonyl (C=O) groups is 1. The molecule has 2 unspecified atom stereocenters. The molecule has 48 heavy (non-hydrogen) atoms. The lowest BCUT2D eigenvalue weighted by Gasteiger charge is -2.47. The Kier molecular flexibility index (Phi) is 7.57. The smallest absolute Gasteiger partial charge is 0.481 e. The first-order valence-electron chi connectivity index (χ1n) is 15.1. The lowest BCUT2D eigenvalue weighted by molar-refractivity contribution is -0.274. The fourth-order valence-electron chi connectivity index (χ4n) is 7.17. The zero-order valence-corrected chi connectivity index (χ0v) is 25.9. The molecule has 250 valence electrons. The number of ether oxygens (including phenoxy) is 1. The van der Waals surface area contributed by atoms with Gasteiger partial charge in [0, 0.05) is 34.6 Å². The van der Waals surface area contributed by atoms with E-state index in [1.807, 2.05) is 0 Å². The standard InChI is InChI=1S/C33H27F5N4O5S/c1-16-5-11-20(12-6-16)48(45,46)42-15-23(22-13-19(34)14-24(35)29(22)42)31-40-28-21(3-2-4-25(28)47-33(36,37)38)30(41-31)39-27-18-9-7-17(8-10-18)26(27)32(43)44/h2-6,11-15,17-18,26-27H,7-10H2,1H3,(H,43,44)(H,39,40,41). The van der Waals surface area contributed by atoms with Crippen molar-refractivity contribution in [2.24, 2.45) is 17.8 Å². The number of carboxylic acid groups (broad SMARTS) is 1. The molecule has 3 fully saturated rings. The largest absolute Gasteiger partial charge is 0.573 e. The fraction of sp³-hybridized carbons (Fsp3) is 0.303. The van der Waals surface area contributed by atoms with Gasteiger partial charge < -0.3 is 15.2 Å². The number of halogens is 5. The van der Waals surface area contributed by atoms with Crippen molar-refractivity contribution < 1.29 is 45.0 Å². The van der Waals surface area contributed by atoms with E-state index in [1.54, 1.807) is 19.1 Å². The molecule has 0 aliphatic heterocycles. The van der Waals surface area contributed by atoms with Crippen LogP contribution >= 0.6 is 0 Å². The molecule has 0 radical (unpaired) electrons. The van der Waals surface area contributed by atoms with Gasteiger partial charge in [0.25, 0.3) is 10.0 Å².